The number of nitrogens with zero attached hydrogens (tertiary/aromatic N) is 2. The van der Waals surface area contributed by atoms with E-state index in [1.54, 1.807) is 0 Å². The largest absolute Gasteiger partial charge is 0.451 e. The van der Waals surface area contributed by atoms with Crippen LogP contribution in [0.2, 0.25) is 15.1 Å². The van der Waals surface area contributed by atoms with Gasteiger partial charge in [0, 0.05) is 6.07 Å². The summed E-state index contributed by atoms with van der Waals surface area (Å²) in [5.41, 5.74) is -0.0101. The summed E-state index contributed by atoms with van der Waals surface area (Å²) in [6.45, 7) is 0.743. The molecule has 3 rings (SSSR count). The van der Waals surface area contributed by atoms with Crippen molar-refractivity contribution < 1.29 is 23.7 Å². The number of non-ortho nitro benzene ring substituents is 1. The van der Waals surface area contributed by atoms with Gasteiger partial charge in [-0.2, -0.15) is 0 Å². The number of nitro benzene ring substituents is 1. The average molecular weight is 489 g/mol. The number of carbonyl (C=O) groups is 2. The van der Waals surface area contributed by atoms with E-state index < -0.39 is 35.2 Å². The second-order valence-corrected chi connectivity index (χ2v) is 7.45. The molecule has 0 radical (unpaired) electrons. The van der Waals surface area contributed by atoms with Gasteiger partial charge in [-0.3, -0.25) is 24.3 Å². The summed E-state index contributed by atoms with van der Waals surface area (Å²) in [6.07, 6.45) is -1.24. The normalized spacial score (nSPS) is 11.9. The zero-order valence-corrected chi connectivity index (χ0v) is 17.8. The van der Waals surface area contributed by atoms with E-state index in [0.29, 0.717) is 0 Å². The number of benzene rings is 2. The first-order valence-corrected chi connectivity index (χ1v) is 9.63. The third-order valence-corrected chi connectivity index (χ3v) is 5.13. The third-order valence-electron chi connectivity index (χ3n) is 4.10. The molecular formula is C18H12Cl3N3O7. The number of fused-ring (bicyclic) bond motifs is 1. The molecule has 10 nitrogen and oxygen atoms in total. The van der Waals surface area contributed by atoms with Crippen molar-refractivity contribution in [1.29, 1.82) is 0 Å². The van der Waals surface area contributed by atoms with Gasteiger partial charge in [-0.1, -0.05) is 34.8 Å². The van der Waals surface area contributed by atoms with Gasteiger partial charge in [-0.15, -0.1) is 0 Å². The third kappa shape index (κ3) is 4.98. The lowest BCUT2D eigenvalue weighted by Crippen LogP contribution is -2.32. The molecule has 31 heavy (non-hydrogen) atoms. The second kappa shape index (κ2) is 8.96. The lowest BCUT2D eigenvalue weighted by atomic mass is 10.3. The van der Waals surface area contributed by atoms with Crippen LogP contribution in [0.1, 0.15) is 6.92 Å². The van der Waals surface area contributed by atoms with Crippen LogP contribution < -0.4 is 11.1 Å². The monoisotopic (exact) mass is 487 g/mol. The fourth-order valence-electron chi connectivity index (χ4n) is 2.59. The fraction of sp³-hybridized carbons (Fsp3) is 0.167. The van der Waals surface area contributed by atoms with Crippen LogP contribution in [0.15, 0.2) is 39.5 Å². The highest BCUT2D eigenvalue weighted by Crippen LogP contribution is 2.32. The summed E-state index contributed by atoms with van der Waals surface area (Å²) in [7, 11) is 0. The van der Waals surface area contributed by atoms with E-state index >= 15 is 0 Å². The van der Waals surface area contributed by atoms with Crippen molar-refractivity contribution in [3.8, 4) is 0 Å². The highest BCUT2D eigenvalue weighted by atomic mass is 35.5. The lowest BCUT2D eigenvalue weighted by molar-refractivity contribution is -0.384. The Labute approximate surface area is 188 Å². The first-order chi connectivity index (χ1) is 14.6. The quantitative estimate of drug-likeness (QED) is 0.239. The van der Waals surface area contributed by atoms with Gasteiger partial charge in [0.25, 0.3) is 11.6 Å². The van der Waals surface area contributed by atoms with Crippen LogP contribution in [0.25, 0.3) is 11.1 Å². The number of nitro groups is 1. The van der Waals surface area contributed by atoms with Crippen LogP contribution in [0, 0.1) is 10.1 Å². The van der Waals surface area contributed by atoms with E-state index in [1.807, 2.05) is 0 Å². The molecule has 1 unspecified atom stereocenters. The molecule has 0 aliphatic carbocycles. The molecule has 0 saturated heterocycles. The molecule has 1 aromatic heterocycles. The van der Waals surface area contributed by atoms with Gasteiger partial charge < -0.3 is 14.5 Å². The van der Waals surface area contributed by atoms with Gasteiger partial charge in [-0.25, -0.2) is 4.79 Å². The van der Waals surface area contributed by atoms with Crippen molar-refractivity contribution in [2.45, 2.75) is 19.6 Å². The van der Waals surface area contributed by atoms with Crippen LogP contribution in [-0.4, -0.2) is 27.5 Å². The van der Waals surface area contributed by atoms with E-state index in [1.165, 1.54) is 25.1 Å². The number of carbonyl (C=O) groups excluding carboxylic acids is 2. The van der Waals surface area contributed by atoms with Gasteiger partial charge in [0.1, 0.15) is 6.54 Å². The van der Waals surface area contributed by atoms with Crippen LogP contribution in [0.5, 0.6) is 0 Å². The number of rotatable bonds is 6. The molecule has 0 spiro atoms. The Bertz CT molecular complexity index is 1270. The molecule has 1 N–H and O–H groups in total. The predicted molar refractivity (Wildman–Crippen MR) is 113 cm³/mol. The molecule has 1 amide bonds. The number of anilines is 1. The van der Waals surface area contributed by atoms with Crippen molar-refractivity contribution in [2.24, 2.45) is 0 Å². The maximum absolute atomic E-state index is 12.3. The smallest absolute Gasteiger partial charge is 0.420 e. The zero-order chi connectivity index (χ0) is 22.9. The van der Waals surface area contributed by atoms with E-state index in [2.05, 4.69) is 5.32 Å². The predicted octanol–water partition coefficient (Wildman–Crippen LogP) is 4.03. The molecule has 0 bridgehead atoms. The number of halogens is 3. The Balaban J connectivity index is 1.70. The number of amides is 1. The van der Waals surface area contributed by atoms with Crippen LogP contribution in [-0.2, 0) is 20.9 Å². The van der Waals surface area contributed by atoms with Gasteiger partial charge in [0.05, 0.1) is 37.3 Å². The highest BCUT2D eigenvalue weighted by molar-refractivity contribution is 6.44. The van der Waals surface area contributed by atoms with Gasteiger partial charge in [0.2, 0.25) is 0 Å². The molecule has 0 aliphatic heterocycles. The maximum atomic E-state index is 12.3. The number of ether oxygens (including phenoxy) is 1. The summed E-state index contributed by atoms with van der Waals surface area (Å²) >= 11 is 17.7. The van der Waals surface area contributed by atoms with E-state index in [-0.39, 0.29) is 37.5 Å². The topological polar surface area (TPSA) is 134 Å². The standard InChI is InChI=1S/C18H12Cl3N3O7/c1-8(17(26)22-13-6-11(20)10(19)5-12(13)21)30-16(25)7-23-14-3-2-9(24(28)29)4-15(14)31-18(23)27/h2-6,8H,7H2,1H3,(H,22,26). The minimum absolute atomic E-state index is 0.0629. The summed E-state index contributed by atoms with van der Waals surface area (Å²) in [6, 6.07) is 6.19. The molecular weight excluding hydrogens is 477 g/mol. The average Bonchev–Trinajstić information content (AvgIpc) is 3.00. The molecule has 0 saturated carbocycles. The van der Waals surface area contributed by atoms with Crippen molar-refractivity contribution in [3.05, 3.63) is 66.1 Å². The molecule has 0 aliphatic rings. The molecule has 1 atom stereocenters. The molecule has 162 valence electrons. The number of aromatic nitrogens is 1. The minimum atomic E-state index is -1.24. The first-order valence-electron chi connectivity index (χ1n) is 8.49. The number of nitrogens with one attached hydrogen (secondary N) is 1. The Morgan fingerprint density at radius 3 is 2.55 bits per heavy atom. The molecule has 2 aromatic carbocycles. The minimum Gasteiger partial charge on any atom is -0.451 e. The second-order valence-electron chi connectivity index (χ2n) is 6.23. The van der Waals surface area contributed by atoms with Crippen LogP contribution >= 0.6 is 34.8 Å². The Kier molecular flexibility index (Phi) is 6.54. The Morgan fingerprint density at radius 2 is 1.87 bits per heavy atom. The van der Waals surface area contributed by atoms with Crippen molar-refractivity contribution in [1.82, 2.24) is 4.57 Å². The van der Waals surface area contributed by atoms with E-state index in [4.69, 9.17) is 44.0 Å². The molecule has 0 fully saturated rings. The van der Waals surface area contributed by atoms with Crippen LogP contribution in [0.3, 0.4) is 0 Å². The summed E-state index contributed by atoms with van der Waals surface area (Å²) in [4.78, 5) is 46.7. The lowest BCUT2D eigenvalue weighted by Gasteiger charge is -2.15. The fourth-order valence-corrected chi connectivity index (χ4v) is 3.18. The zero-order valence-electron chi connectivity index (χ0n) is 15.6. The SMILES string of the molecule is CC(OC(=O)Cn1c(=O)oc2cc([N+](=O)[O-])ccc21)C(=O)Nc1cc(Cl)c(Cl)cc1Cl. The molecule has 13 heteroatoms. The summed E-state index contributed by atoms with van der Waals surface area (Å²) < 4.78 is 10.9. The Morgan fingerprint density at radius 1 is 1.19 bits per heavy atom. The van der Waals surface area contributed by atoms with Gasteiger partial charge >= 0.3 is 11.7 Å². The maximum Gasteiger partial charge on any atom is 0.420 e. The van der Waals surface area contributed by atoms with Gasteiger partial charge in [-0.05, 0) is 25.1 Å². The van der Waals surface area contributed by atoms with E-state index in [0.717, 1.165) is 16.7 Å². The molecule has 1 heterocycles. The van der Waals surface area contributed by atoms with Crippen molar-refractivity contribution >= 4 is 69.2 Å². The molecule has 3 aromatic rings. The highest BCUT2D eigenvalue weighted by Gasteiger charge is 2.22. The number of hydrogen-bond donors (Lipinski definition) is 1. The van der Waals surface area contributed by atoms with Gasteiger partial charge in [0.15, 0.2) is 11.7 Å². The summed E-state index contributed by atoms with van der Waals surface area (Å²) in [5, 5.41) is 13.8. The van der Waals surface area contributed by atoms with Crippen molar-refractivity contribution in [2.75, 3.05) is 5.32 Å². The number of hydrogen-bond acceptors (Lipinski definition) is 7. The van der Waals surface area contributed by atoms with Crippen LogP contribution in [0.4, 0.5) is 11.4 Å². The van der Waals surface area contributed by atoms with E-state index in [9.17, 15) is 24.5 Å². The first kappa shape index (κ1) is 22.6. The number of oxazole rings is 1. The van der Waals surface area contributed by atoms with Crippen molar-refractivity contribution in [3.63, 3.8) is 0 Å². The Hall–Kier alpha value is -3.08. The summed E-state index contributed by atoms with van der Waals surface area (Å²) in [5.74, 6) is -2.52. The number of esters is 1.